The molecule has 0 aromatic carbocycles. The van der Waals surface area contributed by atoms with Gasteiger partial charge in [0.05, 0.1) is 0 Å². The number of carbonyl (C=O) groups excluding carboxylic acids is 2. The van der Waals surface area contributed by atoms with E-state index >= 15 is 0 Å². The van der Waals surface area contributed by atoms with Gasteiger partial charge in [-0.15, -0.1) is 0 Å². The van der Waals surface area contributed by atoms with E-state index in [4.69, 9.17) is 5.84 Å². The molecule has 5 nitrogen and oxygen atoms in total. The number of piperidine rings is 1. The van der Waals surface area contributed by atoms with Crippen molar-refractivity contribution in [2.45, 2.75) is 20.3 Å². The maximum atomic E-state index is 11.4. The van der Waals surface area contributed by atoms with Crippen molar-refractivity contribution in [2.24, 2.45) is 17.7 Å². The summed E-state index contributed by atoms with van der Waals surface area (Å²) in [6, 6.07) is 0. The van der Waals surface area contributed by atoms with Crippen molar-refractivity contribution in [3.05, 3.63) is 0 Å². The molecule has 1 heterocycles. The Bertz CT molecular complexity index is 242. The van der Waals surface area contributed by atoms with E-state index in [1.807, 2.05) is 5.43 Å². The second-order valence-corrected chi connectivity index (χ2v) is 3.97. The van der Waals surface area contributed by atoms with Crippen LogP contribution in [0.5, 0.6) is 0 Å². The topological polar surface area (TPSA) is 75.4 Å². The van der Waals surface area contributed by atoms with Crippen molar-refractivity contribution < 1.29 is 9.59 Å². The van der Waals surface area contributed by atoms with Crippen LogP contribution in [0.15, 0.2) is 0 Å². The van der Waals surface area contributed by atoms with Crippen molar-refractivity contribution in [2.75, 3.05) is 13.1 Å². The van der Waals surface area contributed by atoms with E-state index in [9.17, 15) is 9.59 Å². The number of nitrogens with zero attached hydrogens (tertiary/aromatic N) is 1. The molecule has 80 valence electrons. The zero-order valence-electron chi connectivity index (χ0n) is 8.62. The fourth-order valence-corrected chi connectivity index (χ4v) is 1.65. The fourth-order valence-electron chi connectivity index (χ4n) is 1.65. The molecular formula is C9H17N3O2. The average molecular weight is 199 g/mol. The number of hydrazine groups is 1. The van der Waals surface area contributed by atoms with Crippen molar-refractivity contribution in [3.8, 4) is 0 Å². The highest BCUT2D eigenvalue weighted by Crippen LogP contribution is 2.22. The lowest BCUT2D eigenvalue weighted by molar-refractivity contribution is -0.147. The van der Waals surface area contributed by atoms with E-state index in [-0.39, 0.29) is 0 Å². The lowest BCUT2D eigenvalue weighted by Crippen LogP contribution is -2.50. The summed E-state index contributed by atoms with van der Waals surface area (Å²) in [6.45, 7) is 5.55. The van der Waals surface area contributed by atoms with Gasteiger partial charge in [0.2, 0.25) is 0 Å². The van der Waals surface area contributed by atoms with Gasteiger partial charge in [-0.25, -0.2) is 5.84 Å². The SMILES string of the molecule is CC1CCN(C(=O)C(=O)NN)CC1C. The molecule has 0 saturated carbocycles. The standard InChI is InChI=1S/C9H17N3O2/c1-6-3-4-12(5-7(6)2)9(14)8(13)11-10/h6-7H,3-5,10H2,1-2H3,(H,11,13). The maximum Gasteiger partial charge on any atom is 0.323 e. The summed E-state index contributed by atoms with van der Waals surface area (Å²) in [5.41, 5.74) is 1.86. The van der Waals surface area contributed by atoms with E-state index in [0.29, 0.717) is 24.9 Å². The Labute approximate surface area is 83.6 Å². The summed E-state index contributed by atoms with van der Waals surface area (Å²) in [7, 11) is 0. The predicted molar refractivity (Wildman–Crippen MR) is 51.9 cm³/mol. The van der Waals surface area contributed by atoms with Gasteiger partial charge in [-0.2, -0.15) is 0 Å². The molecule has 5 heteroatoms. The van der Waals surface area contributed by atoms with Crippen molar-refractivity contribution >= 4 is 11.8 Å². The summed E-state index contributed by atoms with van der Waals surface area (Å²) in [4.78, 5) is 23.9. The zero-order chi connectivity index (χ0) is 10.7. The van der Waals surface area contributed by atoms with E-state index in [1.165, 1.54) is 0 Å². The molecule has 0 aliphatic carbocycles. The third kappa shape index (κ3) is 2.23. The van der Waals surface area contributed by atoms with E-state index in [1.54, 1.807) is 4.90 Å². The first-order chi connectivity index (χ1) is 6.56. The Hall–Kier alpha value is -1.10. The van der Waals surface area contributed by atoms with Gasteiger partial charge >= 0.3 is 11.8 Å². The molecule has 1 rings (SSSR count). The number of likely N-dealkylation sites (tertiary alicyclic amines) is 1. The predicted octanol–water partition coefficient (Wildman–Crippen LogP) is -0.519. The van der Waals surface area contributed by atoms with Gasteiger partial charge in [0, 0.05) is 13.1 Å². The normalized spacial score (nSPS) is 27.2. The Morgan fingerprint density at radius 2 is 2.00 bits per heavy atom. The first kappa shape index (κ1) is 11.0. The van der Waals surface area contributed by atoms with Gasteiger partial charge < -0.3 is 4.90 Å². The summed E-state index contributed by atoms with van der Waals surface area (Å²) in [5.74, 6) is 4.70. The number of amides is 2. The van der Waals surface area contributed by atoms with Crippen LogP contribution >= 0.6 is 0 Å². The molecule has 14 heavy (non-hydrogen) atoms. The molecule has 3 N–H and O–H groups in total. The molecular weight excluding hydrogens is 182 g/mol. The van der Waals surface area contributed by atoms with Crippen LogP contribution < -0.4 is 11.3 Å². The maximum absolute atomic E-state index is 11.4. The van der Waals surface area contributed by atoms with Gasteiger partial charge in [0.1, 0.15) is 0 Å². The minimum Gasteiger partial charge on any atom is -0.334 e. The molecule has 1 aliphatic rings. The zero-order valence-corrected chi connectivity index (χ0v) is 8.62. The molecule has 2 amide bonds. The number of nitrogens with two attached hydrogens (primary N) is 1. The first-order valence-electron chi connectivity index (χ1n) is 4.86. The van der Waals surface area contributed by atoms with Crippen LogP contribution in [0.1, 0.15) is 20.3 Å². The van der Waals surface area contributed by atoms with Gasteiger partial charge in [0.15, 0.2) is 0 Å². The molecule has 1 aliphatic heterocycles. The third-order valence-electron chi connectivity index (χ3n) is 2.95. The van der Waals surface area contributed by atoms with Crippen LogP contribution in [0.2, 0.25) is 0 Å². The minimum atomic E-state index is -0.730. The number of carbonyl (C=O) groups is 2. The van der Waals surface area contributed by atoms with Crippen molar-refractivity contribution in [1.82, 2.24) is 10.3 Å². The summed E-state index contributed by atoms with van der Waals surface area (Å²) < 4.78 is 0. The lowest BCUT2D eigenvalue weighted by Gasteiger charge is -2.34. The molecule has 0 spiro atoms. The number of hydrogen-bond acceptors (Lipinski definition) is 3. The summed E-state index contributed by atoms with van der Waals surface area (Å²) in [5, 5.41) is 0. The average Bonchev–Trinajstić information content (AvgIpc) is 2.20. The molecule has 1 fully saturated rings. The van der Waals surface area contributed by atoms with Gasteiger partial charge in [0.25, 0.3) is 0 Å². The molecule has 0 radical (unpaired) electrons. The second kappa shape index (κ2) is 4.41. The van der Waals surface area contributed by atoms with Crippen LogP contribution in [0.3, 0.4) is 0 Å². The molecule has 0 aromatic heterocycles. The molecule has 2 unspecified atom stereocenters. The Kier molecular flexibility index (Phi) is 3.46. The van der Waals surface area contributed by atoms with E-state index in [0.717, 1.165) is 6.42 Å². The quantitative estimate of drug-likeness (QED) is 0.238. The van der Waals surface area contributed by atoms with Crippen LogP contribution in [0, 0.1) is 11.8 Å². The summed E-state index contributed by atoms with van der Waals surface area (Å²) >= 11 is 0. The van der Waals surface area contributed by atoms with Crippen LogP contribution in [-0.2, 0) is 9.59 Å². The number of rotatable bonds is 0. The highest BCUT2D eigenvalue weighted by Gasteiger charge is 2.28. The lowest BCUT2D eigenvalue weighted by atomic mass is 9.89. The van der Waals surface area contributed by atoms with Gasteiger partial charge in [-0.1, -0.05) is 13.8 Å². The Morgan fingerprint density at radius 1 is 1.36 bits per heavy atom. The van der Waals surface area contributed by atoms with Crippen LogP contribution in [-0.4, -0.2) is 29.8 Å². The van der Waals surface area contributed by atoms with Gasteiger partial charge in [-0.05, 0) is 18.3 Å². The largest absolute Gasteiger partial charge is 0.334 e. The minimum absolute atomic E-state index is 0.443. The second-order valence-electron chi connectivity index (χ2n) is 3.97. The smallest absolute Gasteiger partial charge is 0.323 e. The van der Waals surface area contributed by atoms with Crippen LogP contribution in [0.4, 0.5) is 0 Å². The molecule has 0 bridgehead atoms. The van der Waals surface area contributed by atoms with Crippen molar-refractivity contribution in [1.29, 1.82) is 0 Å². The van der Waals surface area contributed by atoms with E-state index < -0.39 is 11.8 Å². The van der Waals surface area contributed by atoms with Crippen molar-refractivity contribution in [3.63, 3.8) is 0 Å². The highest BCUT2D eigenvalue weighted by molar-refractivity contribution is 6.34. The van der Waals surface area contributed by atoms with E-state index in [2.05, 4.69) is 13.8 Å². The molecule has 1 saturated heterocycles. The van der Waals surface area contributed by atoms with Gasteiger partial charge in [-0.3, -0.25) is 15.0 Å². The molecule has 0 aromatic rings. The number of hydrogen-bond donors (Lipinski definition) is 2. The molecule has 2 atom stereocenters. The Morgan fingerprint density at radius 3 is 2.50 bits per heavy atom. The third-order valence-corrected chi connectivity index (χ3v) is 2.95. The van der Waals surface area contributed by atoms with Crippen LogP contribution in [0.25, 0.3) is 0 Å². The Balaban J connectivity index is 2.54. The monoisotopic (exact) mass is 199 g/mol. The summed E-state index contributed by atoms with van der Waals surface area (Å²) in [6.07, 6.45) is 0.949. The highest BCUT2D eigenvalue weighted by atomic mass is 16.2. The number of nitrogens with one attached hydrogen (secondary N) is 1. The first-order valence-corrected chi connectivity index (χ1v) is 4.86. The fraction of sp³-hybridized carbons (Fsp3) is 0.778.